The van der Waals surface area contributed by atoms with Crippen molar-refractivity contribution in [2.45, 2.75) is 0 Å². The van der Waals surface area contributed by atoms with Gasteiger partial charge in [-0.15, -0.1) is 0 Å². The summed E-state index contributed by atoms with van der Waals surface area (Å²) in [6.07, 6.45) is 4.88. The standard InChI is InChI=1S/C8H8BrN2O.C4H4N2/c1-6-3-2-4-7(5-6)11(9)8(10)12;1-2-5-4-6-3-1/h2-5H,1H2,(H2,10,12);1-4H. The smallest absolute Gasteiger partial charge is 0.329 e. The molecule has 0 saturated carbocycles. The number of urea groups is 1. The minimum Gasteiger partial charge on any atom is -0.350 e. The highest BCUT2D eigenvalue weighted by Gasteiger charge is 2.07. The van der Waals surface area contributed by atoms with Crippen molar-refractivity contribution < 1.29 is 4.79 Å². The average Bonchev–Trinajstić information content (AvgIpc) is 2.40. The monoisotopic (exact) mass is 307 g/mol. The van der Waals surface area contributed by atoms with Gasteiger partial charge in [-0.2, -0.15) is 0 Å². The van der Waals surface area contributed by atoms with E-state index in [9.17, 15) is 4.79 Å². The molecule has 1 aromatic heterocycles. The lowest BCUT2D eigenvalue weighted by Gasteiger charge is -2.11. The first-order valence-corrected chi connectivity index (χ1v) is 5.69. The zero-order valence-electron chi connectivity index (χ0n) is 9.53. The van der Waals surface area contributed by atoms with Gasteiger partial charge in [-0.1, -0.05) is 12.1 Å². The summed E-state index contributed by atoms with van der Waals surface area (Å²) in [7, 11) is 0. The van der Waals surface area contributed by atoms with E-state index in [-0.39, 0.29) is 0 Å². The molecule has 0 unspecified atom stereocenters. The predicted octanol–water partition coefficient (Wildman–Crippen LogP) is 2.54. The van der Waals surface area contributed by atoms with Gasteiger partial charge in [-0.25, -0.2) is 18.7 Å². The minimum absolute atomic E-state index is 0.555. The van der Waals surface area contributed by atoms with Crippen LogP contribution in [0.25, 0.3) is 0 Å². The van der Waals surface area contributed by atoms with Gasteiger partial charge in [0.1, 0.15) is 6.33 Å². The Kier molecular flexibility index (Phi) is 5.79. The van der Waals surface area contributed by atoms with Crippen LogP contribution in [0.15, 0.2) is 49.1 Å². The SMILES string of the molecule is [CH2]c1cccc(N(Br)C(N)=O)c1.c1cncnc1. The molecule has 1 aromatic carbocycles. The molecule has 0 spiro atoms. The van der Waals surface area contributed by atoms with Crippen LogP contribution in [0.1, 0.15) is 5.56 Å². The molecule has 0 atom stereocenters. The fourth-order valence-electron chi connectivity index (χ4n) is 1.06. The third-order valence-corrected chi connectivity index (χ3v) is 2.57. The molecule has 93 valence electrons. The van der Waals surface area contributed by atoms with Crippen LogP contribution in [-0.2, 0) is 0 Å². The molecule has 1 radical (unpaired) electrons. The topological polar surface area (TPSA) is 72.1 Å². The molecule has 0 fully saturated rings. The van der Waals surface area contributed by atoms with Gasteiger partial charge in [0, 0.05) is 12.4 Å². The number of benzene rings is 1. The fourth-order valence-corrected chi connectivity index (χ4v) is 1.28. The molecule has 2 amide bonds. The van der Waals surface area contributed by atoms with Gasteiger partial charge < -0.3 is 5.73 Å². The van der Waals surface area contributed by atoms with Crippen LogP contribution in [0.4, 0.5) is 10.5 Å². The van der Waals surface area contributed by atoms with Crippen molar-refractivity contribution in [1.82, 2.24) is 9.97 Å². The zero-order valence-corrected chi connectivity index (χ0v) is 11.1. The highest BCUT2D eigenvalue weighted by atomic mass is 79.9. The third-order valence-electron chi connectivity index (χ3n) is 1.81. The van der Waals surface area contributed by atoms with Crippen LogP contribution < -0.4 is 9.66 Å². The molecular formula is C12H12BrN4O. The number of halogens is 1. The molecule has 0 aliphatic rings. The van der Waals surface area contributed by atoms with Crippen molar-refractivity contribution in [2.75, 3.05) is 3.93 Å². The Morgan fingerprint density at radius 2 is 1.94 bits per heavy atom. The van der Waals surface area contributed by atoms with E-state index in [1.54, 1.807) is 36.7 Å². The zero-order chi connectivity index (χ0) is 13.4. The van der Waals surface area contributed by atoms with Gasteiger partial charge in [0.25, 0.3) is 0 Å². The van der Waals surface area contributed by atoms with E-state index in [1.807, 2.05) is 6.07 Å². The van der Waals surface area contributed by atoms with Gasteiger partial charge in [-0.05, 0) is 30.7 Å². The minimum atomic E-state index is -0.555. The van der Waals surface area contributed by atoms with Gasteiger partial charge in [0.05, 0.1) is 21.8 Å². The summed E-state index contributed by atoms with van der Waals surface area (Å²) in [4.78, 5) is 18.0. The first kappa shape index (κ1) is 14.1. The summed E-state index contributed by atoms with van der Waals surface area (Å²) < 4.78 is 1.18. The van der Waals surface area contributed by atoms with E-state index in [0.29, 0.717) is 5.69 Å². The number of nitrogens with zero attached hydrogens (tertiary/aromatic N) is 3. The highest BCUT2D eigenvalue weighted by molar-refractivity contribution is 9.10. The Morgan fingerprint density at radius 3 is 2.33 bits per heavy atom. The van der Waals surface area contributed by atoms with E-state index < -0.39 is 6.03 Å². The molecule has 2 rings (SSSR count). The molecule has 0 aliphatic heterocycles. The Labute approximate surface area is 114 Å². The van der Waals surface area contributed by atoms with E-state index >= 15 is 0 Å². The van der Waals surface area contributed by atoms with E-state index in [2.05, 4.69) is 33.0 Å². The van der Waals surface area contributed by atoms with Crippen LogP contribution in [0.2, 0.25) is 0 Å². The lowest BCUT2D eigenvalue weighted by molar-refractivity contribution is 0.257. The average molecular weight is 308 g/mol. The molecule has 0 aliphatic carbocycles. The highest BCUT2D eigenvalue weighted by Crippen LogP contribution is 2.18. The number of carbonyl (C=O) groups is 1. The number of hydrogen-bond donors (Lipinski definition) is 1. The van der Waals surface area contributed by atoms with Crippen molar-refractivity contribution in [3.05, 3.63) is 61.5 Å². The second kappa shape index (κ2) is 7.39. The maximum Gasteiger partial charge on any atom is 0.329 e. The number of aromatic nitrogens is 2. The second-order valence-electron chi connectivity index (χ2n) is 3.19. The summed E-state index contributed by atoms with van der Waals surface area (Å²) in [5, 5.41) is 0. The van der Waals surface area contributed by atoms with Crippen molar-refractivity contribution in [3.8, 4) is 0 Å². The van der Waals surface area contributed by atoms with Crippen molar-refractivity contribution >= 4 is 27.9 Å². The Hall–Kier alpha value is -1.95. The maximum absolute atomic E-state index is 10.7. The largest absolute Gasteiger partial charge is 0.350 e. The molecule has 5 nitrogen and oxygen atoms in total. The van der Waals surface area contributed by atoms with Crippen molar-refractivity contribution in [1.29, 1.82) is 0 Å². The lowest BCUT2D eigenvalue weighted by atomic mass is 10.2. The van der Waals surface area contributed by atoms with Gasteiger partial charge >= 0.3 is 6.03 Å². The summed E-state index contributed by atoms with van der Waals surface area (Å²) >= 11 is 3.02. The third kappa shape index (κ3) is 4.92. The van der Waals surface area contributed by atoms with E-state index in [1.165, 1.54) is 10.3 Å². The molecule has 1 heterocycles. The number of rotatable bonds is 1. The molecule has 2 N–H and O–H groups in total. The molecule has 2 aromatic rings. The molecule has 18 heavy (non-hydrogen) atoms. The van der Waals surface area contributed by atoms with Gasteiger partial charge in [-0.3, -0.25) is 0 Å². The number of carbonyl (C=O) groups excluding carboxylic acids is 1. The first-order chi connectivity index (χ1) is 8.61. The summed E-state index contributed by atoms with van der Waals surface area (Å²) in [5.74, 6) is 0. The Bertz CT molecular complexity index is 466. The summed E-state index contributed by atoms with van der Waals surface area (Å²) in [6, 6.07) is 8.37. The molecule has 6 heteroatoms. The van der Waals surface area contributed by atoms with Crippen LogP contribution in [0, 0.1) is 6.92 Å². The summed E-state index contributed by atoms with van der Waals surface area (Å²) in [5.41, 5.74) is 6.55. The van der Waals surface area contributed by atoms with Crippen molar-refractivity contribution in [2.24, 2.45) is 5.73 Å². The van der Waals surface area contributed by atoms with E-state index in [0.717, 1.165) is 5.56 Å². The first-order valence-electron chi connectivity index (χ1n) is 4.98. The van der Waals surface area contributed by atoms with E-state index in [4.69, 9.17) is 5.73 Å². The van der Waals surface area contributed by atoms with Crippen LogP contribution in [-0.4, -0.2) is 16.0 Å². The molecular weight excluding hydrogens is 296 g/mol. The fraction of sp³-hybridized carbons (Fsp3) is 0. The quantitative estimate of drug-likeness (QED) is 0.823. The Balaban J connectivity index is 0.000000225. The second-order valence-corrected chi connectivity index (χ2v) is 3.90. The number of nitrogens with two attached hydrogens (primary N) is 1. The van der Waals surface area contributed by atoms with Crippen LogP contribution in [0.3, 0.4) is 0 Å². The van der Waals surface area contributed by atoms with Gasteiger partial charge in [0.2, 0.25) is 0 Å². The number of primary amides is 1. The lowest BCUT2D eigenvalue weighted by Crippen LogP contribution is -2.26. The van der Waals surface area contributed by atoms with Crippen molar-refractivity contribution in [3.63, 3.8) is 0 Å². The summed E-state index contributed by atoms with van der Waals surface area (Å²) in [6.45, 7) is 3.72. The predicted molar refractivity (Wildman–Crippen MR) is 73.9 cm³/mol. The Morgan fingerprint density at radius 1 is 1.28 bits per heavy atom. The van der Waals surface area contributed by atoms with Crippen LogP contribution >= 0.6 is 16.1 Å². The number of amides is 2. The van der Waals surface area contributed by atoms with Gasteiger partial charge in [0.15, 0.2) is 0 Å². The van der Waals surface area contributed by atoms with Crippen LogP contribution in [0.5, 0.6) is 0 Å². The maximum atomic E-state index is 10.7. The normalized spacial score (nSPS) is 9.00. The number of hydrogen-bond acceptors (Lipinski definition) is 3. The molecule has 0 saturated heterocycles. The molecule has 0 bridgehead atoms. The number of anilines is 1.